The molecule has 0 atom stereocenters. The summed E-state index contributed by atoms with van der Waals surface area (Å²) in [5, 5.41) is 38.6. The molecule has 7 nitrogen and oxygen atoms in total. The number of carboxylic acid groups (broad SMARTS) is 1. The Morgan fingerprint density at radius 3 is 2.45 bits per heavy atom. The van der Waals surface area contributed by atoms with Crippen LogP contribution in [0.3, 0.4) is 0 Å². The van der Waals surface area contributed by atoms with E-state index in [2.05, 4.69) is 0 Å². The standard InChI is InChI=1S/C15H10O7/c16-9-3-1-6-8(5-11(18)19)7-2-4-10(17)13(21)15(7)22-14(6)12(9)20/h1-4,16,20-21H,5H2,(H,18,19). The molecule has 1 heterocycles. The van der Waals surface area contributed by atoms with Gasteiger partial charge < -0.3 is 24.8 Å². The Hall–Kier alpha value is -3.22. The molecule has 0 unspecified atom stereocenters. The summed E-state index contributed by atoms with van der Waals surface area (Å²) in [6.07, 6.45) is -0.411. The molecule has 7 heteroatoms. The Morgan fingerprint density at radius 1 is 1.05 bits per heavy atom. The number of aromatic hydroxyl groups is 3. The first-order chi connectivity index (χ1) is 10.4. The second-order valence-electron chi connectivity index (χ2n) is 4.75. The zero-order valence-electron chi connectivity index (χ0n) is 11.0. The summed E-state index contributed by atoms with van der Waals surface area (Å²) in [4.78, 5) is 22.6. The lowest BCUT2D eigenvalue weighted by atomic mass is 9.96. The molecule has 3 rings (SSSR count). The summed E-state index contributed by atoms with van der Waals surface area (Å²) < 4.78 is 5.34. The van der Waals surface area contributed by atoms with Crippen molar-refractivity contribution in [2.75, 3.05) is 0 Å². The summed E-state index contributed by atoms with van der Waals surface area (Å²) in [7, 11) is 0. The zero-order chi connectivity index (χ0) is 16.0. The van der Waals surface area contributed by atoms with E-state index in [1.54, 1.807) is 0 Å². The molecule has 1 aromatic rings. The number of hydrogen-bond acceptors (Lipinski definition) is 6. The molecule has 1 aromatic carbocycles. The lowest BCUT2D eigenvalue weighted by Crippen LogP contribution is -2.07. The first-order valence-electron chi connectivity index (χ1n) is 6.24. The van der Waals surface area contributed by atoms with Crippen molar-refractivity contribution in [2.45, 2.75) is 6.42 Å². The quantitative estimate of drug-likeness (QED) is 0.418. The molecule has 0 spiro atoms. The van der Waals surface area contributed by atoms with Gasteiger partial charge >= 0.3 is 5.97 Å². The fourth-order valence-corrected chi connectivity index (χ4v) is 2.38. The van der Waals surface area contributed by atoms with Gasteiger partial charge in [0.1, 0.15) is 0 Å². The third-order valence-electron chi connectivity index (χ3n) is 3.39. The van der Waals surface area contributed by atoms with Crippen LogP contribution >= 0.6 is 0 Å². The van der Waals surface area contributed by atoms with Crippen LogP contribution in [-0.4, -0.2) is 26.4 Å². The van der Waals surface area contributed by atoms with Crippen LogP contribution < -0.4 is 5.43 Å². The molecular formula is C15H10O7. The number of rotatable bonds is 2. The lowest BCUT2D eigenvalue weighted by Gasteiger charge is -2.15. The van der Waals surface area contributed by atoms with Crippen molar-refractivity contribution in [3.8, 4) is 28.6 Å². The van der Waals surface area contributed by atoms with Crippen LogP contribution in [0.4, 0.5) is 0 Å². The van der Waals surface area contributed by atoms with E-state index in [0.29, 0.717) is 0 Å². The molecule has 1 aliphatic carbocycles. The van der Waals surface area contributed by atoms with Crippen molar-refractivity contribution in [3.05, 3.63) is 40.1 Å². The molecule has 22 heavy (non-hydrogen) atoms. The first kappa shape index (κ1) is 13.7. The summed E-state index contributed by atoms with van der Waals surface area (Å²) >= 11 is 0. The summed E-state index contributed by atoms with van der Waals surface area (Å²) in [5.41, 5.74) is -0.396. The topological polar surface area (TPSA) is 128 Å². The highest BCUT2D eigenvalue weighted by molar-refractivity contribution is 5.96. The van der Waals surface area contributed by atoms with Crippen molar-refractivity contribution in [1.82, 2.24) is 0 Å². The van der Waals surface area contributed by atoms with Crippen LogP contribution in [0.25, 0.3) is 22.3 Å². The Balaban J connectivity index is 2.55. The highest BCUT2D eigenvalue weighted by Crippen LogP contribution is 2.42. The van der Waals surface area contributed by atoms with E-state index in [-0.39, 0.29) is 27.9 Å². The van der Waals surface area contributed by atoms with Crippen LogP contribution in [0.2, 0.25) is 0 Å². The number of carboxylic acids is 1. The van der Waals surface area contributed by atoms with Gasteiger partial charge in [-0.1, -0.05) is 0 Å². The largest absolute Gasteiger partial charge is 0.504 e. The van der Waals surface area contributed by atoms with E-state index in [1.807, 2.05) is 0 Å². The summed E-state index contributed by atoms with van der Waals surface area (Å²) in [6, 6.07) is 5.05. The molecule has 2 aliphatic rings. The van der Waals surface area contributed by atoms with Gasteiger partial charge in [0.2, 0.25) is 16.9 Å². The second-order valence-corrected chi connectivity index (χ2v) is 4.75. The van der Waals surface area contributed by atoms with Crippen LogP contribution in [0.15, 0.2) is 33.5 Å². The number of phenolic OH excluding ortho intramolecular Hbond substituents is 3. The number of carbonyl (C=O) groups is 1. The van der Waals surface area contributed by atoms with Crippen molar-refractivity contribution in [3.63, 3.8) is 0 Å². The SMILES string of the molecule is O=C(O)Cc1c2ccc(=O)c(O)c-2oc2c(O)c(O)ccc12. The molecule has 0 fully saturated rings. The third-order valence-corrected chi connectivity index (χ3v) is 3.39. The van der Waals surface area contributed by atoms with Crippen molar-refractivity contribution in [1.29, 1.82) is 0 Å². The number of fused-ring (bicyclic) bond motifs is 2. The monoisotopic (exact) mass is 302 g/mol. The highest BCUT2D eigenvalue weighted by Gasteiger charge is 2.23. The summed E-state index contributed by atoms with van der Waals surface area (Å²) in [6.45, 7) is 0. The Kier molecular flexibility index (Phi) is 2.91. The Bertz CT molecular complexity index is 939. The van der Waals surface area contributed by atoms with E-state index < -0.39 is 35.1 Å². The third kappa shape index (κ3) is 1.91. The van der Waals surface area contributed by atoms with Gasteiger partial charge in [-0.2, -0.15) is 0 Å². The minimum atomic E-state index is -1.13. The van der Waals surface area contributed by atoms with Gasteiger partial charge in [0.05, 0.1) is 6.42 Å². The molecule has 112 valence electrons. The summed E-state index contributed by atoms with van der Waals surface area (Å²) in [5.74, 6) is -3.12. The normalized spacial score (nSPS) is 11.1. The highest BCUT2D eigenvalue weighted by atomic mass is 16.4. The van der Waals surface area contributed by atoms with Crippen LogP contribution in [0.1, 0.15) is 5.56 Å². The molecule has 0 radical (unpaired) electrons. The average Bonchev–Trinajstić information content (AvgIpc) is 2.47. The number of hydrogen-bond donors (Lipinski definition) is 4. The van der Waals surface area contributed by atoms with Crippen molar-refractivity contribution in [2.24, 2.45) is 0 Å². The van der Waals surface area contributed by atoms with Gasteiger partial charge in [-0.15, -0.1) is 0 Å². The van der Waals surface area contributed by atoms with Crippen molar-refractivity contribution < 1.29 is 29.6 Å². The maximum Gasteiger partial charge on any atom is 0.307 e. The fraction of sp³-hybridized carbons (Fsp3) is 0.0667. The first-order valence-corrected chi connectivity index (χ1v) is 6.24. The van der Waals surface area contributed by atoms with Crippen LogP contribution in [0, 0.1) is 0 Å². The predicted octanol–water partition coefficient (Wildman–Crippen LogP) is 1.64. The maximum absolute atomic E-state index is 11.5. The molecule has 4 N–H and O–H groups in total. The smallest absolute Gasteiger partial charge is 0.307 e. The molecule has 0 amide bonds. The van der Waals surface area contributed by atoms with E-state index in [0.717, 1.165) is 6.07 Å². The zero-order valence-corrected chi connectivity index (χ0v) is 11.0. The fourth-order valence-electron chi connectivity index (χ4n) is 2.38. The molecule has 0 saturated heterocycles. The molecule has 0 saturated carbocycles. The average molecular weight is 302 g/mol. The minimum absolute atomic E-state index is 0.204. The number of benzene rings is 2. The lowest BCUT2D eigenvalue weighted by molar-refractivity contribution is -0.136. The maximum atomic E-state index is 11.5. The Labute approximate surface area is 122 Å². The molecule has 0 aromatic heterocycles. The predicted molar refractivity (Wildman–Crippen MR) is 75.4 cm³/mol. The van der Waals surface area contributed by atoms with Crippen LogP contribution in [-0.2, 0) is 11.2 Å². The van der Waals surface area contributed by atoms with E-state index in [1.165, 1.54) is 18.2 Å². The van der Waals surface area contributed by atoms with Gasteiger partial charge in [0, 0.05) is 10.9 Å². The van der Waals surface area contributed by atoms with Gasteiger partial charge in [0.15, 0.2) is 17.1 Å². The van der Waals surface area contributed by atoms with Gasteiger partial charge in [-0.05, 0) is 29.8 Å². The Morgan fingerprint density at radius 2 is 1.77 bits per heavy atom. The van der Waals surface area contributed by atoms with Gasteiger partial charge in [-0.3, -0.25) is 9.59 Å². The minimum Gasteiger partial charge on any atom is -0.504 e. The molecule has 0 bridgehead atoms. The van der Waals surface area contributed by atoms with E-state index >= 15 is 0 Å². The number of phenols is 3. The molecular weight excluding hydrogens is 292 g/mol. The van der Waals surface area contributed by atoms with Gasteiger partial charge in [-0.25, -0.2) is 0 Å². The van der Waals surface area contributed by atoms with Crippen LogP contribution in [0.5, 0.6) is 17.2 Å². The van der Waals surface area contributed by atoms with Gasteiger partial charge in [0.25, 0.3) is 0 Å². The number of aliphatic carboxylic acids is 1. The molecule has 1 aliphatic heterocycles. The second kappa shape index (κ2) is 4.66. The van der Waals surface area contributed by atoms with E-state index in [9.17, 15) is 24.9 Å². The van der Waals surface area contributed by atoms with Crippen molar-refractivity contribution >= 4 is 16.9 Å². The van der Waals surface area contributed by atoms with E-state index in [4.69, 9.17) is 9.52 Å².